The Hall–Kier alpha value is -0.830. The predicted molar refractivity (Wildman–Crippen MR) is 50.7 cm³/mol. The first-order valence-corrected chi connectivity index (χ1v) is 4.70. The van der Waals surface area contributed by atoms with E-state index in [1.165, 1.54) is 5.69 Å². The van der Waals surface area contributed by atoms with E-state index in [1.54, 1.807) is 0 Å². The number of fused-ring (bicyclic) bond motifs is 1. The van der Waals surface area contributed by atoms with Crippen LogP contribution in [0.2, 0.25) is 0 Å². The van der Waals surface area contributed by atoms with Crippen LogP contribution in [-0.4, -0.2) is 16.2 Å². The SMILES string of the molecule is Cc1nc2n(c1C)CCOC2(C)C. The maximum absolute atomic E-state index is 5.68. The van der Waals surface area contributed by atoms with Gasteiger partial charge in [-0.05, 0) is 27.7 Å². The van der Waals surface area contributed by atoms with Gasteiger partial charge in [0.2, 0.25) is 0 Å². The van der Waals surface area contributed by atoms with E-state index in [1.807, 2.05) is 0 Å². The third kappa shape index (κ3) is 1.18. The smallest absolute Gasteiger partial charge is 0.141 e. The van der Waals surface area contributed by atoms with Crippen LogP contribution in [0.25, 0.3) is 0 Å². The van der Waals surface area contributed by atoms with Crippen molar-refractivity contribution in [1.29, 1.82) is 0 Å². The minimum absolute atomic E-state index is 0.225. The summed E-state index contributed by atoms with van der Waals surface area (Å²) in [5, 5.41) is 0. The third-order valence-corrected chi connectivity index (χ3v) is 2.77. The molecule has 0 saturated heterocycles. The number of rotatable bonds is 0. The number of hydrogen-bond acceptors (Lipinski definition) is 2. The Balaban J connectivity index is 2.59. The lowest BCUT2D eigenvalue weighted by atomic mass is 10.1. The molecule has 0 atom stereocenters. The van der Waals surface area contributed by atoms with Gasteiger partial charge in [0.05, 0.1) is 12.3 Å². The van der Waals surface area contributed by atoms with Crippen LogP contribution in [0.3, 0.4) is 0 Å². The molecule has 13 heavy (non-hydrogen) atoms. The normalized spacial score (nSPS) is 20.0. The molecule has 0 aliphatic carbocycles. The van der Waals surface area contributed by atoms with Crippen molar-refractivity contribution in [3.63, 3.8) is 0 Å². The van der Waals surface area contributed by atoms with Crippen LogP contribution < -0.4 is 0 Å². The van der Waals surface area contributed by atoms with E-state index in [-0.39, 0.29) is 5.60 Å². The predicted octanol–water partition coefficient (Wildman–Crippen LogP) is 1.77. The Kier molecular flexibility index (Phi) is 1.74. The first-order chi connectivity index (χ1) is 6.02. The van der Waals surface area contributed by atoms with E-state index in [0.717, 1.165) is 24.7 Å². The van der Waals surface area contributed by atoms with E-state index >= 15 is 0 Å². The Morgan fingerprint density at radius 1 is 1.38 bits per heavy atom. The molecular weight excluding hydrogens is 164 g/mol. The Labute approximate surface area is 78.7 Å². The molecule has 0 saturated carbocycles. The average Bonchev–Trinajstić information content (AvgIpc) is 2.32. The van der Waals surface area contributed by atoms with Crippen LogP contribution in [0.4, 0.5) is 0 Å². The van der Waals surface area contributed by atoms with Crippen molar-refractivity contribution in [1.82, 2.24) is 9.55 Å². The highest BCUT2D eigenvalue weighted by Gasteiger charge is 2.31. The minimum atomic E-state index is -0.225. The van der Waals surface area contributed by atoms with Crippen LogP contribution >= 0.6 is 0 Å². The van der Waals surface area contributed by atoms with Gasteiger partial charge in [0, 0.05) is 12.2 Å². The Bertz CT molecular complexity index is 339. The number of imidazole rings is 1. The minimum Gasteiger partial charge on any atom is -0.366 e. The molecule has 1 aromatic rings. The van der Waals surface area contributed by atoms with Gasteiger partial charge in [-0.15, -0.1) is 0 Å². The molecule has 1 aliphatic rings. The zero-order valence-corrected chi connectivity index (χ0v) is 8.72. The van der Waals surface area contributed by atoms with Gasteiger partial charge in [0.25, 0.3) is 0 Å². The second-order valence-corrected chi connectivity index (χ2v) is 4.12. The molecule has 0 amide bonds. The summed E-state index contributed by atoms with van der Waals surface area (Å²) in [5.41, 5.74) is 2.16. The molecule has 2 rings (SSSR count). The molecule has 1 aromatic heterocycles. The van der Waals surface area contributed by atoms with E-state index in [0.29, 0.717) is 0 Å². The summed E-state index contributed by atoms with van der Waals surface area (Å²) >= 11 is 0. The third-order valence-electron chi connectivity index (χ3n) is 2.77. The number of aromatic nitrogens is 2. The van der Waals surface area contributed by atoms with E-state index in [9.17, 15) is 0 Å². The maximum atomic E-state index is 5.68. The monoisotopic (exact) mass is 180 g/mol. The van der Waals surface area contributed by atoms with Crippen molar-refractivity contribution in [2.45, 2.75) is 39.8 Å². The van der Waals surface area contributed by atoms with Gasteiger partial charge in [0.1, 0.15) is 11.4 Å². The highest BCUT2D eigenvalue weighted by molar-refractivity contribution is 5.18. The van der Waals surface area contributed by atoms with Crippen molar-refractivity contribution in [2.24, 2.45) is 0 Å². The van der Waals surface area contributed by atoms with Crippen LogP contribution in [0, 0.1) is 13.8 Å². The molecule has 0 bridgehead atoms. The fourth-order valence-electron chi connectivity index (χ4n) is 1.84. The Morgan fingerprint density at radius 3 is 2.69 bits per heavy atom. The molecule has 3 nitrogen and oxygen atoms in total. The number of nitrogens with zero attached hydrogens (tertiary/aromatic N) is 2. The zero-order chi connectivity index (χ0) is 9.64. The lowest BCUT2D eigenvalue weighted by molar-refractivity contribution is -0.0543. The van der Waals surface area contributed by atoms with Crippen molar-refractivity contribution >= 4 is 0 Å². The molecule has 72 valence electrons. The summed E-state index contributed by atoms with van der Waals surface area (Å²) in [6.45, 7) is 10.0. The van der Waals surface area contributed by atoms with Crippen molar-refractivity contribution in [3.05, 3.63) is 17.2 Å². The maximum Gasteiger partial charge on any atom is 0.141 e. The van der Waals surface area contributed by atoms with Gasteiger partial charge >= 0.3 is 0 Å². The summed E-state index contributed by atoms with van der Waals surface area (Å²) < 4.78 is 7.94. The molecule has 0 aromatic carbocycles. The summed E-state index contributed by atoms with van der Waals surface area (Å²) in [6.07, 6.45) is 0. The second-order valence-electron chi connectivity index (χ2n) is 4.12. The number of hydrogen-bond donors (Lipinski definition) is 0. The lowest BCUT2D eigenvalue weighted by Crippen LogP contribution is -2.33. The second kappa shape index (κ2) is 2.58. The Morgan fingerprint density at radius 2 is 2.08 bits per heavy atom. The van der Waals surface area contributed by atoms with Crippen LogP contribution in [0.15, 0.2) is 0 Å². The van der Waals surface area contributed by atoms with Gasteiger partial charge in [-0.3, -0.25) is 0 Å². The molecule has 0 radical (unpaired) electrons. The first-order valence-electron chi connectivity index (χ1n) is 4.70. The summed E-state index contributed by atoms with van der Waals surface area (Å²) in [5.74, 6) is 1.06. The molecule has 0 N–H and O–H groups in total. The zero-order valence-electron chi connectivity index (χ0n) is 8.72. The largest absolute Gasteiger partial charge is 0.366 e. The van der Waals surface area contributed by atoms with E-state index in [4.69, 9.17) is 4.74 Å². The lowest BCUT2D eigenvalue weighted by Gasteiger charge is -2.30. The first kappa shape index (κ1) is 8.75. The standard InChI is InChI=1S/C10H16N2O/c1-7-8(2)12-5-6-13-10(3,4)9(12)11-7/h5-6H2,1-4H3. The van der Waals surface area contributed by atoms with Crippen LogP contribution in [0.5, 0.6) is 0 Å². The van der Waals surface area contributed by atoms with Gasteiger partial charge in [-0.1, -0.05) is 0 Å². The molecular formula is C10H16N2O. The molecule has 3 heteroatoms. The fourth-order valence-corrected chi connectivity index (χ4v) is 1.84. The molecule has 0 unspecified atom stereocenters. The van der Waals surface area contributed by atoms with Gasteiger partial charge < -0.3 is 9.30 Å². The van der Waals surface area contributed by atoms with Gasteiger partial charge in [0.15, 0.2) is 0 Å². The topological polar surface area (TPSA) is 27.1 Å². The molecule has 2 heterocycles. The highest BCUT2D eigenvalue weighted by Crippen LogP contribution is 2.29. The molecule has 0 spiro atoms. The highest BCUT2D eigenvalue weighted by atomic mass is 16.5. The fraction of sp³-hybridized carbons (Fsp3) is 0.700. The van der Waals surface area contributed by atoms with Crippen molar-refractivity contribution in [2.75, 3.05) is 6.61 Å². The van der Waals surface area contributed by atoms with Gasteiger partial charge in [-0.25, -0.2) is 4.98 Å². The van der Waals surface area contributed by atoms with E-state index < -0.39 is 0 Å². The van der Waals surface area contributed by atoms with Crippen molar-refractivity contribution in [3.8, 4) is 0 Å². The van der Waals surface area contributed by atoms with Crippen molar-refractivity contribution < 1.29 is 4.74 Å². The summed E-state index contributed by atoms with van der Waals surface area (Å²) in [6, 6.07) is 0. The van der Waals surface area contributed by atoms with Gasteiger partial charge in [-0.2, -0.15) is 0 Å². The average molecular weight is 180 g/mol. The van der Waals surface area contributed by atoms with Crippen LogP contribution in [-0.2, 0) is 16.9 Å². The molecule has 0 fully saturated rings. The number of ether oxygens (including phenoxy) is 1. The summed E-state index contributed by atoms with van der Waals surface area (Å²) in [4.78, 5) is 4.54. The van der Waals surface area contributed by atoms with Crippen LogP contribution in [0.1, 0.15) is 31.1 Å². The summed E-state index contributed by atoms with van der Waals surface area (Å²) in [7, 11) is 0. The number of aryl methyl sites for hydroxylation is 1. The van der Waals surface area contributed by atoms with E-state index in [2.05, 4.69) is 37.2 Å². The quantitative estimate of drug-likeness (QED) is 0.608. The molecule has 1 aliphatic heterocycles.